The lowest BCUT2D eigenvalue weighted by atomic mass is 10.1. The van der Waals surface area contributed by atoms with Crippen molar-refractivity contribution in [2.75, 3.05) is 24.5 Å². The molecule has 33 heavy (non-hydrogen) atoms. The van der Waals surface area contributed by atoms with E-state index < -0.39 is 12.2 Å². The van der Waals surface area contributed by atoms with Crippen molar-refractivity contribution in [2.45, 2.75) is 25.0 Å². The predicted molar refractivity (Wildman–Crippen MR) is 124 cm³/mol. The summed E-state index contributed by atoms with van der Waals surface area (Å²) in [6, 6.07) is 10.6. The number of ketones is 1. The van der Waals surface area contributed by atoms with E-state index in [0.29, 0.717) is 46.5 Å². The smallest absolute Gasteiger partial charge is 0.270 e. The molecule has 0 aliphatic carbocycles. The normalized spacial score (nSPS) is 19.4. The number of anilines is 1. The zero-order valence-electron chi connectivity index (χ0n) is 17.5. The van der Waals surface area contributed by atoms with Gasteiger partial charge in [0.05, 0.1) is 16.5 Å². The van der Waals surface area contributed by atoms with Gasteiger partial charge < -0.3 is 14.7 Å². The van der Waals surface area contributed by atoms with Gasteiger partial charge in [-0.1, -0.05) is 18.2 Å². The van der Waals surface area contributed by atoms with Crippen molar-refractivity contribution >= 4 is 45.4 Å². The Bertz CT molecular complexity index is 1190. The minimum Gasteiger partial charge on any atom is -0.475 e. The van der Waals surface area contributed by atoms with Gasteiger partial charge >= 0.3 is 0 Å². The molecule has 2 unspecified atom stereocenters. The van der Waals surface area contributed by atoms with Crippen LogP contribution in [0.15, 0.2) is 47.2 Å². The first kappa shape index (κ1) is 21.7. The molecular weight excluding hydrogens is 462 g/mol. The molecule has 1 fully saturated rings. The number of fused-ring (bicyclic) bond motifs is 1. The SMILES string of the molecule is O=C1c2ccccc2OC1c1csc(N(CCC(=O)N2CCC(O)C2)C(=O)c2cccs2)n1. The van der Waals surface area contributed by atoms with E-state index in [2.05, 4.69) is 4.98 Å². The maximum Gasteiger partial charge on any atom is 0.270 e. The Kier molecular flexibility index (Phi) is 5.96. The van der Waals surface area contributed by atoms with Crippen LogP contribution in [0.4, 0.5) is 5.13 Å². The molecule has 5 rings (SSSR count). The van der Waals surface area contributed by atoms with Crippen LogP contribution in [-0.4, -0.2) is 58.3 Å². The molecule has 2 atom stereocenters. The molecule has 0 bridgehead atoms. The van der Waals surface area contributed by atoms with Crippen molar-refractivity contribution in [3.8, 4) is 5.75 Å². The first-order valence-electron chi connectivity index (χ1n) is 10.6. The van der Waals surface area contributed by atoms with Gasteiger partial charge in [-0.3, -0.25) is 19.3 Å². The quantitative estimate of drug-likeness (QED) is 0.578. The van der Waals surface area contributed by atoms with E-state index in [9.17, 15) is 19.5 Å². The number of thiophene rings is 1. The zero-order valence-corrected chi connectivity index (χ0v) is 19.2. The number of hydrogen-bond acceptors (Lipinski definition) is 8. The summed E-state index contributed by atoms with van der Waals surface area (Å²) in [7, 11) is 0. The first-order valence-corrected chi connectivity index (χ1v) is 12.3. The molecule has 0 spiro atoms. The summed E-state index contributed by atoms with van der Waals surface area (Å²) >= 11 is 2.55. The Morgan fingerprint density at radius 1 is 1.21 bits per heavy atom. The molecule has 1 saturated heterocycles. The van der Waals surface area contributed by atoms with Gasteiger partial charge in [-0.15, -0.1) is 22.7 Å². The molecule has 0 saturated carbocycles. The summed E-state index contributed by atoms with van der Waals surface area (Å²) < 4.78 is 5.82. The van der Waals surface area contributed by atoms with Gasteiger partial charge in [-0.2, -0.15) is 0 Å². The number of aromatic nitrogens is 1. The van der Waals surface area contributed by atoms with E-state index >= 15 is 0 Å². The third-order valence-electron chi connectivity index (χ3n) is 5.69. The molecule has 3 aromatic rings. The highest BCUT2D eigenvalue weighted by Crippen LogP contribution is 2.38. The minimum atomic E-state index is -0.848. The number of aliphatic hydroxyl groups excluding tert-OH is 1. The Morgan fingerprint density at radius 2 is 2.06 bits per heavy atom. The number of benzene rings is 1. The van der Waals surface area contributed by atoms with Gasteiger partial charge in [-0.25, -0.2) is 4.98 Å². The second kappa shape index (κ2) is 9.05. The maximum absolute atomic E-state index is 13.2. The van der Waals surface area contributed by atoms with E-state index in [1.54, 1.807) is 46.7 Å². The Morgan fingerprint density at radius 3 is 2.79 bits per heavy atom. The molecule has 2 amide bonds. The van der Waals surface area contributed by atoms with E-state index in [1.807, 2.05) is 5.38 Å². The van der Waals surface area contributed by atoms with Crippen molar-refractivity contribution in [2.24, 2.45) is 0 Å². The maximum atomic E-state index is 13.2. The predicted octanol–water partition coefficient (Wildman–Crippen LogP) is 3.15. The molecule has 0 radical (unpaired) electrons. The fourth-order valence-electron chi connectivity index (χ4n) is 3.96. The van der Waals surface area contributed by atoms with Crippen LogP contribution in [0.1, 0.15) is 44.7 Å². The second-order valence-corrected chi connectivity index (χ2v) is 9.66. The number of aliphatic hydroxyl groups is 1. The molecule has 2 aliphatic heterocycles. The van der Waals surface area contributed by atoms with E-state index in [4.69, 9.17) is 4.74 Å². The highest BCUT2D eigenvalue weighted by atomic mass is 32.1. The molecule has 2 aromatic heterocycles. The minimum absolute atomic E-state index is 0.114. The molecule has 2 aliphatic rings. The van der Waals surface area contributed by atoms with E-state index in [-0.39, 0.29) is 30.6 Å². The van der Waals surface area contributed by atoms with Crippen molar-refractivity contribution in [3.05, 3.63) is 63.3 Å². The van der Waals surface area contributed by atoms with Crippen LogP contribution >= 0.6 is 22.7 Å². The molecule has 10 heteroatoms. The molecule has 170 valence electrons. The third kappa shape index (κ3) is 4.29. The fourth-order valence-corrected chi connectivity index (χ4v) is 5.50. The fraction of sp³-hybridized carbons (Fsp3) is 0.304. The summed E-state index contributed by atoms with van der Waals surface area (Å²) in [4.78, 5) is 46.8. The summed E-state index contributed by atoms with van der Waals surface area (Å²) in [5.74, 6) is -0.00695. The lowest BCUT2D eigenvalue weighted by Crippen LogP contribution is -2.36. The number of Topliss-reactive ketones (excluding diaryl/α,β-unsaturated/α-hetero) is 1. The molecular formula is C23H21N3O5S2. The topological polar surface area (TPSA) is 100 Å². The zero-order chi connectivity index (χ0) is 22.9. The Hall–Kier alpha value is -3.08. The number of ether oxygens (including phenoxy) is 1. The van der Waals surface area contributed by atoms with E-state index in [0.717, 1.165) is 0 Å². The summed E-state index contributed by atoms with van der Waals surface area (Å²) in [6.45, 7) is 0.984. The number of rotatable bonds is 6. The molecule has 1 aromatic carbocycles. The van der Waals surface area contributed by atoms with Crippen LogP contribution in [0.25, 0.3) is 0 Å². The number of likely N-dealkylation sites (tertiary alicyclic amines) is 1. The molecule has 4 heterocycles. The monoisotopic (exact) mass is 483 g/mol. The van der Waals surface area contributed by atoms with Crippen molar-refractivity contribution in [3.63, 3.8) is 0 Å². The lowest BCUT2D eigenvalue weighted by molar-refractivity contribution is -0.130. The van der Waals surface area contributed by atoms with Crippen molar-refractivity contribution in [1.82, 2.24) is 9.88 Å². The van der Waals surface area contributed by atoms with Crippen LogP contribution in [0.5, 0.6) is 5.75 Å². The van der Waals surface area contributed by atoms with Crippen LogP contribution in [0.3, 0.4) is 0 Å². The average molecular weight is 484 g/mol. The lowest BCUT2D eigenvalue weighted by Gasteiger charge is -2.21. The van der Waals surface area contributed by atoms with Crippen LogP contribution in [0, 0.1) is 0 Å². The number of β-amino-alcohol motifs (C(OH)–C–C–N with tert-alkyl or cyclic N) is 1. The van der Waals surface area contributed by atoms with Crippen molar-refractivity contribution in [1.29, 1.82) is 0 Å². The number of carbonyl (C=O) groups is 3. The number of carbonyl (C=O) groups excluding carboxylic acids is 3. The van der Waals surface area contributed by atoms with Gasteiger partial charge in [0.1, 0.15) is 11.4 Å². The number of nitrogens with zero attached hydrogens (tertiary/aromatic N) is 3. The number of amides is 2. The second-order valence-electron chi connectivity index (χ2n) is 7.88. The van der Waals surface area contributed by atoms with Gasteiger partial charge in [0.2, 0.25) is 17.8 Å². The van der Waals surface area contributed by atoms with Crippen molar-refractivity contribution < 1.29 is 24.2 Å². The summed E-state index contributed by atoms with van der Waals surface area (Å²) in [5, 5.41) is 13.6. The molecule has 8 nitrogen and oxygen atoms in total. The highest BCUT2D eigenvalue weighted by Gasteiger charge is 2.36. The highest BCUT2D eigenvalue weighted by molar-refractivity contribution is 7.14. The number of thiazole rings is 1. The number of para-hydroxylation sites is 1. The summed E-state index contributed by atoms with van der Waals surface area (Å²) in [5.41, 5.74) is 0.955. The first-order chi connectivity index (χ1) is 16.0. The van der Waals surface area contributed by atoms with Gasteiger partial charge in [-0.05, 0) is 30.0 Å². The largest absolute Gasteiger partial charge is 0.475 e. The Balaban J connectivity index is 1.36. The standard InChI is InChI=1S/C23H21N3O5S2/c27-14-7-9-25(12-14)19(28)8-10-26(22(30)18-6-3-11-32-18)23-24-16(13-33-23)21-20(29)15-4-1-2-5-17(15)31-21/h1-6,11,13-14,21,27H,7-10,12H2. The Labute approximate surface area is 198 Å². The van der Waals surface area contributed by atoms with Gasteiger partial charge in [0.25, 0.3) is 5.91 Å². The summed E-state index contributed by atoms with van der Waals surface area (Å²) in [6.07, 6.45) is -0.661. The number of hydrogen-bond donors (Lipinski definition) is 1. The third-order valence-corrected chi connectivity index (χ3v) is 7.43. The van der Waals surface area contributed by atoms with E-state index in [1.165, 1.54) is 27.6 Å². The van der Waals surface area contributed by atoms with Crippen LogP contribution in [-0.2, 0) is 4.79 Å². The van der Waals surface area contributed by atoms with Crippen LogP contribution < -0.4 is 9.64 Å². The molecule has 1 N–H and O–H groups in total. The van der Waals surface area contributed by atoms with Crippen LogP contribution in [0.2, 0.25) is 0 Å². The van der Waals surface area contributed by atoms with Gasteiger partial charge in [0, 0.05) is 31.4 Å². The average Bonchev–Trinajstić information content (AvgIpc) is 3.61. The van der Waals surface area contributed by atoms with Gasteiger partial charge in [0.15, 0.2) is 5.13 Å².